The van der Waals surface area contributed by atoms with E-state index in [0.717, 1.165) is 28.7 Å². The number of rotatable bonds is 5. The number of halogens is 3. The molecule has 0 aliphatic carbocycles. The second-order valence-corrected chi connectivity index (χ2v) is 4.84. The molecular weight excluding hydrogens is 267 g/mol. The van der Waals surface area contributed by atoms with E-state index in [4.69, 9.17) is 4.42 Å². The molecule has 0 spiro atoms. The molecule has 1 N–H and O–H groups in total. The quantitative estimate of drug-likeness (QED) is 0.868. The zero-order valence-corrected chi connectivity index (χ0v) is 11.6. The van der Waals surface area contributed by atoms with Crippen molar-refractivity contribution < 1.29 is 17.6 Å². The fourth-order valence-electron chi connectivity index (χ4n) is 2.36. The van der Waals surface area contributed by atoms with Gasteiger partial charge in [-0.25, -0.2) is 0 Å². The highest BCUT2D eigenvalue weighted by atomic mass is 19.4. The van der Waals surface area contributed by atoms with E-state index in [1.807, 2.05) is 38.1 Å². The fourth-order valence-corrected chi connectivity index (χ4v) is 2.36. The van der Waals surface area contributed by atoms with Gasteiger partial charge < -0.3 is 9.73 Å². The average molecular weight is 285 g/mol. The van der Waals surface area contributed by atoms with E-state index < -0.39 is 12.6 Å². The normalized spacial score (nSPS) is 13.8. The number of nitrogens with one attached hydrogen (secondary N) is 1. The van der Waals surface area contributed by atoms with Crippen LogP contribution in [0.4, 0.5) is 13.2 Å². The summed E-state index contributed by atoms with van der Waals surface area (Å²) in [5.74, 6) is 0.732. The van der Waals surface area contributed by atoms with Crippen LogP contribution in [0.2, 0.25) is 0 Å². The Hall–Kier alpha value is -1.49. The minimum atomic E-state index is -4.13. The molecule has 1 unspecified atom stereocenters. The van der Waals surface area contributed by atoms with Crippen LogP contribution >= 0.6 is 0 Å². The van der Waals surface area contributed by atoms with E-state index in [0.29, 0.717) is 0 Å². The summed E-state index contributed by atoms with van der Waals surface area (Å²) in [5, 5.41) is 3.91. The van der Waals surface area contributed by atoms with Gasteiger partial charge in [-0.2, -0.15) is 13.2 Å². The van der Waals surface area contributed by atoms with Crippen molar-refractivity contribution in [1.82, 2.24) is 5.32 Å². The van der Waals surface area contributed by atoms with Crippen LogP contribution in [0, 0.1) is 0 Å². The number of aryl methyl sites for hydroxylation is 1. The van der Waals surface area contributed by atoms with Crippen LogP contribution < -0.4 is 5.32 Å². The molecule has 5 heteroatoms. The van der Waals surface area contributed by atoms with Crippen LogP contribution in [-0.2, 0) is 6.42 Å². The molecule has 1 atom stereocenters. The predicted molar refractivity (Wildman–Crippen MR) is 72.7 cm³/mol. The van der Waals surface area contributed by atoms with Crippen molar-refractivity contribution in [2.75, 3.05) is 6.54 Å². The van der Waals surface area contributed by atoms with Crippen molar-refractivity contribution in [3.05, 3.63) is 35.6 Å². The number of fused-ring (bicyclic) bond motifs is 1. The van der Waals surface area contributed by atoms with Crippen LogP contribution in [0.1, 0.15) is 37.6 Å². The maximum absolute atomic E-state index is 12.2. The molecule has 0 saturated heterocycles. The Morgan fingerprint density at radius 1 is 1.25 bits per heavy atom. The second kappa shape index (κ2) is 5.87. The largest absolute Gasteiger partial charge is 0.459 e. The number of furan rings is 1. The molecule has 0 amide bonds. The van der Waals surface area contributed by atoms with Crippen LogP contribution in [0.3, 0.4) is 0 Å². The molecule has 0 radical (unpaired) electrons. The van der Waals surface area contributed by atoms with Gasteiger partial charge in [0, 0.05) is 17.5 Å². The molecule has 0 fully saturated rings. The third-order valence-corrected chi connectivity index (χ3v) is 3.34. The third kappa shape index (κ3) is 3.33. The molecule has 0 saturated carbocycles. The summed E-state index contributed by atoms with van der Waals surface area (Å²) in [4.78, 5) is 0. The van der Waals surface area contributed by atoms with Gasteiger partial charge in [-0.3, -0.25) is 0 Å². The molecule has 110 valence electrons. The highest BCUT2D eigenvalue weighted by molar-refractivity contribution is 5.82. The van der Waals surface area contributed by atoms with E-state index >= 15 is 0 Å². The monoisotopic (exact) mass is 285 g/mol. The summed E-state index contributed by atoms with van der Waals surface area (Å²) in [6, 6.07) is 7.43. The number of para-hydroxylation sites is 1. The molecule has 2 rings (SSSR count). The number of hydrogen-bond donors (Lipinski definition) is 1. The number of hydrogen-bond acceptors (Lipinski definition) is 2. The number of alkyl halides is 3. The molecule has 0 aliphatic heterocycles. The number of benzene rings is 1. The first-order valence-electron chi connectivity index (χ1n) is 6.73. The minimum absolute atomic E-state index is 0.106. The zero-order valence-electron chi connectivity index (χ0n) is 11.6. The lowest BCUT2D eigenvalue weighted by Crippen LogP contribution is -2.24. The lowest BCUT2D eigenvalue weighted by molar-refractivity contribution is -0.133. The van der Waals surface area contributed by atoms with E-state index in [1.165, 1.54) is 0 Å². The standard InChI is InChI=1S/C15H18F3NO/c1-3-11-12-6-4-5-7-13(12)20-14(11)10(2)19-9-8-15(16,17)18/h4-7,10,19H,3,8-9H2,1-2H3. The summed E-state index contributed by atoms with van der Waals surface area (Å²) in [6.07, 6.45) is -4.18. The third-order valence-electron chi connectivity index (χ3n) is 3.34. The Labute approximate surface area is 116 Å². The van der Waals surface area contributed by atoms with Gasteiger partial charge in [0.1, 0.15) is 11.3 Å². The van der Waals surface area contributed by atoms with Crippen LogP contribution in [0.5, 0.6) is 0 Å². The van der Waals surface area contributed by atoms with Crippen LogP contribution in [0.15, 0.2) is 28.7 Å². The summed E-state index contributed by atoms with van der Waals surface area (Å²) in [7, 11) is 0. The van der Waals surface area contributed by atoms with E-state index in [2.05, 4.69) is 5.32 Å². The highest BCUT2D eigenvalue weighted by Crippen LogP contribution is 2.30. The molecule has 0 aliphatic rings. The van der Waals surface area contributed by atoms with E-state index in [-0.39, 0.29) is 12.6 Å². The Balaban J connectivity index is 2.15. The predicted octanol–water partition coefficient (Wildman–Crippen LogP) is 4.60. The molecule has 2 nitrogen and oxygen atoms in total. The van der Waals surface area contributed by atoms with Crippen molar-refractivity contribution in [3.63, 3.8) is 0 Å². The molecule has 2 aromatic rings. The van der Waals surface area contributed by atoms with Crippen molar-refractivity contribution in [2.24, 2.45) is 0 Å². The first kappa shape index (κ1) is 14.9. The Kier molecular flexibility index (Phi) is 4.38. The first-order chi connectivity index (χ1) is 9.42. The molecule has 0 bridgehead atoms. The fraction of sp³-hybridized carbons (Fsp3) is 0.467. The Morgan fingerprint density at radius 3 is 2.60 bits per heavy atom. The summed E-state index contributed by atoms with van der Waals surface area (Å²) in [6.45, 7) is 3.74. The topological polar surface area (TPSA) is 25.2 Å². The molecule has 1 aromatic carbocycles. The summed E-state index contributed by atoms with van der Waals surface area (Å²) >= 11 is 0. The molecular formula is C15H18F3NO. The van der Waals surface area contributed by atoms with Crippen molar-refractivity contribution in [1.29, 1.82) is 0 Å². The SMILES string of the molecule is CCc1c(C(C)NCCC(F)(F)F)oc2ccccc12. The maximum atomic E-state index is 12.2. The first-order valence-corrected chi connectivity index (χ1v) is 6.73. The van der Waals surface area contributed by atoms with Gasteiger partial charge in [-0.1, -0.05) is 25.1 Å². The average Bonchev–Trinajstić information content (AvgIpc) is 2.75. The lowest BCUT2D eigenvalue weighted by atomic mass is 10.1. The highest BCUT2D eigenvalue weighted by Gasteiger charge is 2.27. The van der Waals surface area contributed by atoms with Gasteiger partial charge in [-0.05, 0) is 19.4 Å². The van der Waals surface area contributed by atoms with Crippen LogP contribution in [-0.4, -0.2) is 12.7 Å². The lowest BCUT2D eigenvalue weighted by Gasteiger charge is -2.14. The van der Waals surface area contributed by atoms with Gasteiger partial charge in [-0.15, -0.1) is 0 Å². The van der Waals surface area contributed by atoms with Gasteiger partial charge in [0.25, 0.3) is 0 Å². The zero-order chi connectivity index (χ0) is 14.8. The smallest absolute Gasteiger partial charge is 0.390 e. The summed E-state index contributed by atoms with van der Waals surface area (Å²) in [5.41, 5.74) is 1.84. The van der Waals surface area contributed by atoms with Gasteiger partial charge >= 0.3 is 6.18 Å². The van der Waals surface area contributed by atoms with E-state index in [9.17, 15) is 13.2 Å². The Bertz CT molecular complexity index is 574. The maximum Gasteiger partial charge on any atom is 0.390 e. The molecule has 1 aromatic heterocycles. The van der Waals surface area contributed by atoms with Crippen molar-refractivity contribution >= 4 is 11.0 Å². The Morgan fingerprint density at radius 2 is 1.95 bits per heavy atom. The summed E-state index contributed by atoms with van der Waals surface area (Å²) < 4.78 is 42.3. The second-order valence-electron chi connectivity index (χ2n) is 4.84. The van der Waals surface area contributed by atoms with Gasteiger partial charge in [0.15, 0.2) is 0 Å². The van der Waals surface area contributed by atoms with Crippen LogP contribution in [0.25, 0.3) is 11.0 Å². The van der Waals surface area contributed by atoms with Crippen molar-refractivity contribution in [3.8, 4) is 0 Å². The molecule has 20 heavy (non-hydrogen) atoms. The minimum Gasteiger partial charge on any atom is -0.459 e. The van der Waals surface area contributed by atoms with Gasteiger partial charge in [0.05, 0.1) is 12.5 Å². The van der Waals surface area contributed by atoms with E-state index in [1.54, 1.807) is 0 Å². The molecule has 1 heterocycles. The van der Waals surface area contributed by atoms with Crippen molar-refractivity contribution in [2.45, 2.75) is 38.9 Å². The van der Waals surface area contributed by atoms with Gasteiger partial charge in [0.2, 0.25) is 0 Å².